The fraction of sp³-hybridized carbons (Fsp3) is 0.188. The molecule has 0 fully saturated rings. The molecule has 0 saturated carbocycles. The third-order valence-electron chi connectivity index (χ3n) is 3.17. The first-order chi connectivity index (χ1) is 11.3. The largest absolute Gasteiger partial charge is 0.497 e. The van der Waals surface area contributed by atoms with Crippen molar-refractivity contribution in [2.24, 2.45) is 0 Å². The average molecular weight is 314 g/mol. The topological polar surface area (TPSA) is 62.1 Å². The maximum atomic E-state index is 13.4. The molecule has 6 nitrogen and oxygen atoms in total. The Kier molecular flexibility index (Phi) is 4.46. The van der Waals surface area contributed by atoms with Gasteiger partial charge in [0, 0.05) is 5.56 Å². The quantitative estimate of drug-likeness (QED) is 0.700. The summed E-state index contributed by atoms with van der Waals surface area (Å²) in [5, 5.41) is 12.2. The van der Waals surface area contributed by atoms with Crippen LogP contribution in [0.1, 0.15) is 0 Å². The number of tetrazole rings is 1. The second kappa shape index (κ2) is 6.87. The number of aromatic nitrogens is 4. The molecule has 3 rings (SSSR count). The number of methoxy groups -OCH3 is 1. The van der Waals surface area contributed by atoms with Crippen LogP contribution < -0.4 is 9.47 Å². The van der Waals surface area contributed by atoms with Crippen LogP contribution in [0.3, 0.4) is 0 Å². The minimum Gasteiger partial charge on any atom is -0.497 e. The highest BCUT2D eigenvalue weighted by Crippen LogP contribution is 2.20. The van der Waals surface area contributed by atoms with Crippen molar-refractivity contribution in [3.63, 3.8) is 0 Å². The molecule has 0 bridgehead atoms. The van der Waals surface area contributed by atoms with Crippen molar-refractivity contribution in [3.8, 4) is 22.9 Å². The van der Waals surface area contributed by atoms with Gasteiger partial charge in [-0.3, -0.25) is 0 Å². The van der Waals surface area contributed by atoms with Gasteiger partial charge in [0.15, 0.2) is 11.6 Å². The molecule has 0 spiro atoms. The summed E-state index contributed by atoms with van der Waals surface area (Å²) in [6, 6.07) is 13.7. The number of nitrogens with zero attached hydrogens (tertiary/aromatic N) is 4. The SMILES string of the molecule is COc1cccc(-c2nnn(CCOc3ccccc3F)n2)c1. The molecule has 0 atom stereocenters. The predicted octanol–water partition coefficient (Wildman–Crippen LogP) is 2.57. The lowest BCUT2D eigenvalue weighted by molar-refractivity contribution is 0.268. The molecule has 3 aromatic rings. The predicted molar refractivity (Wildman–Crippen MR) is 81.7 cm³/mol. The number of halogens is 1. The first kappa shape index (κ1) is 15.0. The molecule has 0 N–H and O–H groups in total. The summed E-state index contributed by atoms with van der Waals surface area (Å²) in [4.78, 5) is 1.41. The van der Waals surface area contributed by atoms with Gasteiger partial charge >= 0.3 is 0 Å². The molecule has 0 saturated heterocycles. The number of para-hydroxylation sites is 1. The molecule has 0 amide bonds. The van der Waals surface area contributed by atoms with E-state index in [1.54, 1.807) is 25.3 Å². The van der Waals surface area contributed by atoms with E-state index in [1.165, 1.54) is 10.9 Å². The van der Waals surface area contributed by atoms with E-state index >= 15 is 0 Å². The number of hydrogen-bond donors (Lipinski definition) is 0. The molecular formula is C16H15FN4O2. The molecule has 1 aromatic heterocycles. The maximum Gasteiger partial charge on any atom is 0.205 e. The van der Waals surface area contributed by atoms with Gasteiger partial charge in [0.2, 0.25) is 5.82 Å². The van der Waals surface area contributed by atoms with Crippen molar-refractivity contribution in [2.75, 3.05) is 13.7 Å². The van der Waals surface area contributed by atoms with Gasteiger partial charge in [-0.15, -0.1) is 10.2 Å². The van der Waals surface area contributed by atoms with Gasteiger partial charge in [0.1, 0.15) is 12.4 Å². The Morgan fingerprint density at radius 1 is 1.13 bits per heavy atom. The highest BCUT2D eigenvalue weighted by Gasteiger charge is 2.07. The van der Waals surface area contributed by atoms with Gasteiger partial charge in [-0.25, -0.2) is 4.39 Å². The van der Waals surface area contributed by atoms with Gasteiger partial charge in [-0.2, -0.15) is 4.80 Å². The Balaban J connectivity index is 1.62. The first-order valence-corrected chi connectivity index (χ1v) is 7.06. The summed E-state index contributed by atoms with van der Waals surface area (Å²) in [7, 11) is 1.60. The third kappa shape index (κ3) is 3.63. The van der Waals surface area contributed by atoms with E-state index < -0.39 is 5.82 Å². The number of ether oxygens (including phenoxy) is 2. The minimum absolute atomic E-state index is 0.209. The Labute approximate surface area is 132 Å². The van der Waals surface area contributed by atoms with E-state index in [9.17, 15) is 4.39 Å². The Bertz CT molecular complexity index is 791. The van der Waals surface area contributed by atoms with Gasteiger partial charge in [-0.05, 0) is 29.5 Å². The first-order valence-electron chi connectivity index (χ1n) is 7.06. The molecular weight excluding hydrogens is 299 g/mol. The van der Waals surface area contributed by atoms with Crippen molar-refractivity contribution in [1.29, 1.82) is 0 Å². The standard InChI is InChI=1S/C16H15FN4O2/c1-22-13-6-4-5-12(11-13)16-18-20-21(19-16)9-10-23-15-8-3-2-7-14(15)17/h2-8,11H,9-10H2,1H3. The molecule has 0 aliphatic heterocycles. The van der Waals surface area contributed by atoms with Gasteiger partial charge in [-0.1, -0.05) is 24.3 Å². The van der Waals surface area contributed by atoms with E-state index in [2.05, 4.69) is 15.4 Å². The highest BCUT2D eigenvalue weighted by atomic mass is 19.1. The van der Waals surface area contributed by atoms with Crippen LogP contribution >= 0.6 is 0 Å². The zero-order chi connectivity index (χ0) is 16.1. The van der Waals surface area contributed by atoms with Crippen molar-refractivity contribution < 1.29 is 13.9 Å². The van der Waals surface area contributed by atoms with E-state index in [-0.39, 0.29) is 12.4 Å². The van der Waals surface area contributed by atoms with E-state index in [0.29, 0.717) is 12.4 Å². The van der Waals surface area contributed by atoms with Crippen LogP contribution in [0.5, 0.6) is 11.5 Å². The Morgan fingerprint density at radius 2 is 2.00 bits per heavy atom. The van der Waals surface area contributed by atoms with Crippen molar-refractivity contribution in [2.45, 2.75) is 6.54 Å². The molecule has 7 heteroatoms. The van der Waals surface area contributed by atoms with Gasteiger partial charge in [0.05, 0.1) is 13.7 Å². The van der Waals surface area contributed by atoms with E-state index in [1.807, 2.05) is 24.3 Å². The molecule has 2 aromatic carbocycles. The van der Waals surface area contributed by atoms with Crippen molar-refractivity contribution in [3.05, 3.63) is 54.3 Å². The highest BCUT2D eigenvalue weighted by molar-refractivity contribution is 5.56. The summed E-state index contributed by atoms with van der Waals surface area (Å²) >= 11 is 0. The average Bonchev–Trinajstić information content (AvgIpc) is 3.06. The number of rotatable bonds is 6. The number of hydrogen-bond acceptors (Lipinski definition) is 5. The normalized spacial score (nSPS) is 10.5. The lowest BCUT2D eigenvalue weighted by atomic mass is 10.2. The second-order valence-corrected chi connectivity index (χ2v) is 4.72. The summed E-state index contributed by atoms with van der Waals surface area (Å²) in [6.45, 7) is 0.611. The molecule has 0 aliphatic carbocycles. The summed E-state index contributed by atoms with van der Waals surface area (Å²) in [5.41, 5.74) is 0.811. The minimum atomic E-state index is -0.392. The molecule has 0 unspecified atom stereocenters. The maximum absolute atomic E-state index is 13.4. The monoisotopic (exact) mass is 314 g/mol. The summed E-state index contributed by atoms with van der Waals surface area (Å²) in [5.74, 6) is 1.04. The van der Waals surface area contributed by atoms with Crippen LogP contribution in [-0.2, 0) is 6.54 Å². The number of benzene rings is 2. The molecule has 0 aliphatic rings. The summed E-state index contributed by atoms with van der Waals surface area (Å²) in [6.07, 6.45) is 0. The fourth-order valence-electron chi connectivity index (χ4n) is 2.01. The fourth-order valence-corrected chi connectivity index (χ4v) is 2.01. The van der Waals surface area contributed by atoms with Gasteiger partial charge in [0.25, 0.3) is 0 Å². The zero-order valence-electron chi connectivity index (χ0n) is 12.5. The second-order valence-electron chi connectivity index (χ2n) is 4.72. The van der Waals surface area contributed by atoms with E-state index in [0.717, 1.165) is 11.3 Å². The third-order valence-corrected chi connectivity index (χ3v) is 3.17. The molecule has 1 heterocycles. The van der Waals surface area contributed by atoms with Crippen LogP contribution in [0.2, 0.25) is 0 Å². The Morgan fingerprint density at radius 3 is 2.83 bits per heavy atom. The van der Waals surface area contributed by atoms with Crippen molar-refractivity contribution in [1.82, 2.24) is 20.2 Å². The van der Waals surface area contributed by atoms with Gasteiger partial charge < -0.3 is 9.47 Å². The summed E-state index contributed by atoms with van der Waals surface area (Å²) < 4.78 is 24.0. The van der Waals surface area contributed by atoms with Crippen LogP contribution in [-0.4, -0.2) is 33.9 Å². The molecule has 118 valence electrons. The molecule has 23 heavy (non-hydrogen) atoms. The zero-order valence-corrected chi connectivity index (χ0v) is 12.5. The lowest BCUT2D eigenvalue weighted by Crippen LogP contribution is -2.11. The molecule has 0 radical (unpaired) electrons. The van der Waals surface area contributed by atoms with Crippen LogP contribution in [0.25, 0.3) is 11.4 Å². The Hall–Kier alpha value is -2.96. The van der Waals surface area contributed by atoms with Crippen LogP contribution in [0, 0.1) is 5.82 Å². The smallest absolute Gasteiger partial charge is 0.205 e. The lowest BCUT2D eigenvalue weighted by Gasteiger charge is -2.05. The van der Waals surface area contributed by atoms with Crippen LogP contribution in [0.4, 0.5) is 4.39 Å². The van der Waals surface area contributed by atoms with Crippen LogP contribution in [0.15, 0.2) is 48.5 Å². The van der Waals surface area contributed by atoms with E-state index in [4.69, 9.17) is 9.47 Å². The van der Waals surface area contributed by atoms with Crippen molar-refractivity contribution >= 4 is 0 Å².